The Morgan fingerprint density at radius 2 is 2.28 bits per heavy atom. The number of hydrogen-bond donors (Lipinski definition) is 1. The molecule has 1 aliphatic rings. The highest BCUT2D eigenvalue weighted by Crippen LogP contribution is 2.36. The highest BCUT2D eigenvalue weighted by atomic mass is 32.1. The van der Waals surface area contributed by atoms with Gasteiger partial charge in [-0.3, -0.25) is 4.79 Å². The molecule has 2 aromatic rings. The van der Waals surface area contributed by atoms with Crippen LogP contribution in [-0.2, 0) is 17.6 Å². The van der Waals surface area contributed by atoms with Crippen molar-refractivity contribution in [3.63, 3.8) is 0 Å². The first-order chi connectivity index (χ1) is 12.1. The van der Waals surface area contributed by atoms with Gasteiger partial charge in [-0.05, 0) is 38.3 Å². The third-order valence-electron chi connectivity index (χ3n) is 4.49. The number of nitrogens with zero attached hydrogens (tertiary/aromatic N) is 1. The minimum atomic E-state index is -0.149. The third kappa shape index (κ3) is 4.12. The molecule has 6 heteroatoms. The van der Waals surface area contributed by atoms with Gasteiger partial charge in [-0.25, -0.2) is 4.98 Å². The molecule has 0 fully saturated rings. The maximum Gasteiger partial charge on any atom is 0.226 e. The zero-order chi connectivity index (χ0) is 17.8. The van der Waals surface area contributed by atoms with E-state index in [4.69, 9.17) is 9.47 Å². The van der Waals surface area contributed by atoms with Gasteiger partial charge in [-0.1, -0.05) is 12.1 Å². The first kappa shape index (κ1) is 17.7. The molecule has 25 heavy (non-hydrogen) atoms. The molecular weight excluding hydrogens is 336 g/mol. The number of aromatic nitrogens is 1. The Hall–Kier alpha value is -2.08. The summed E-state index contributed by atoms with van der Waals surface area (Å²) >= 11 is 1.74. The minimum absolute atomic E-state index is 0.0555. The standard InChI is InChI=1S/C19H24N2O3S/c1-12-13(2)25-17(21-12)8-5-9-20-19(22)15-10-14-6-4-7-16(23-3)18(14)24-11-15/h4,6-7,15H,5,8-11H2,1-3H3,(H,20,22)/t15-/m0/s1. The lowest BCUT2D eigenvalue weighted by Crippen LogP contribution is -2.37. The van der Waals surface area contributed by atoms with Gasteiger partial charge in [0, 0.05) is 17.8 Å². The molecule has 0 spiro atoms. The van der Waals surface area contributed by atoms with Crippen molar-refractivity contribution in [2.45, 2.75) is 33.1 Å². The lowest BCUT2D eigenvalue weighted by Gasteiger charge is -2.25. The molecule has 1 atom stereocenters. The van der Waals surface area contributed by atoms with Gasteiger partial charge in [0.25, 0.3) is 0 Å². The Balaban J connectivity index is 1.47. The van der Waals surface area contributed by atoms with Crippen molar-refractivity contribution in [3.05, 3.63) is 39.3 Å². The largest absolute Gasteiger partial charge is 0.493 e. The molecule has 0 bridgehead atoms. The summed E-state index contributed by atoms with van der Waals surface area (Å²) in [6.45, 7) is 5.18. The van der Waals surface area contributed by atoms with Crippen LogP contribution in [-0.4, -0.2) is 31.2 Å². The number of ether oxygens (including phenoxy) is 2. The van der Waals surface area contributed by atoms with Crippen LogP contribution in [0, 0.1) is 19.8 Å². The van der Waals surface area contributed by atoms with Crippen LogP contribution in [0.5, 0.6) is 11.5 Å². The topological polar surface area (TPSA) is 60.5 Å². The summed E-state index contributed by atoms with van der Waals surface area (Å²) in [6, 6.07) is 5.80. The molecule has 2 heterocycles. The van der Waals surface area contributed by atoms with E-state index in [2.05, 4.69) is 17.2 Å². The van der Waals surface area contributed by atoms with Crippen molar-refractivity contribution in [2.24, 2.45) is 5.92 Å². The number of nitrogens with one attached hydrogen (secondary N) is 1. The van der Waals surface area contributed by atoms with E-state index in [9.17, 15) is 4.79 Å². The summed E-state index contributed by atoms with van der Waals surface area (Å²) < 4.78 is 11.1. The Bertz CT molecular complexity index is 738. The van der Waals surface area contributed by atoms with E-state index in [1.807, 2.05) is 25.1 Å². The number of hydrogen-bond acceptors (Lipinski definition) is 5. The number of benzene rings is 1. The average molecular weight is 360 g/mol. The summed E-state index contributed by atoms with van der Waals surface area (Å²) in [6.07, 6.45) is 2.49. The summed E-state index contributed by atoms with van der Waals surface area (Å²) in [5.74, 6) is 1.40. The second kappa shape index (κ2) is 7.87. The van der Waals surface area contributed by atoms with Crippen LogP contribution in [0.1, 0.15) is 27.6 Å². The zero-order valence-electron chi connectivity index (χ0n) is 14.9. The Morgan fingerprint density at radius 1 is 1.44 bits per heavy atom. The van der Waals surface area contributed by atoms with Crippen molar-refractivity contribution in [3.8, 4) is 11.5 Å². The molecule has 0 aliphatic carbocycles. The zero-order valence-corrected chi connectivity index (χ0v) is 15.7. The first-order valence-corrected chi connectivity index (χ1v) is 9.39. The van der Waals surface area contributed by atoms with Crippen LogP contribution in [0.2, 0.25) is 0 Å². The Labute approximate surface area is 152 Å². The fourth-order valence-corrected chi connectivity index (χ4v) is 3.94. The van der Waals surface area contributed by atoms with Crippen LogP contribution in [0.25, 0.3) is 0 Å². The molecular formula is C19H24N2O3S. The van der Waals surface area contributed by atoms with Gasteiger partial charge in [0.15, 0.2) is 11.5 Å². The molecule has 0 saturated carbocycles. The number of rotatable bonds is 6. The number of amides is 1. The van der Waals surface area contributed by atoms with E-state index in [0.29, 0.717) is 19.6 Å². The molecule has 1 aromatic heterocycles. The minimum Gasteiger partial charge on any atom is -0.493 e. The molecule has 1 aromatic carbocycles. The molecule has 5 nitrogen and oxygen atoms in total. The van der Waals surface area contributed by atoms with Crippen LogP contribution in [0.3, 0.4) is 0 Å². The fourth-order valence-electron chi connectivity index (χ4n) is 2.96. The number of thiazole rings is 1. The summed E-state index contributed by atoms with van der Waals surface area (Å²) in [5, 5.41) is 4.17. The molecule has 0 saturated heterocycles. The van der Waals surface area contributed by atoms with Gasteiger partial charge in [-0.15, -0.1) is 11.3 Å². The predicted molar refractivity (Wildman–Crippen MR) is 98.6 cm³/mol. The number of carbonyl (C=O) groups excluding carboxylic acids is 1. The van der Waals surface area contributed by atoms with E-state index < -0.39 is 0 Å². The van der Waals surface area contributed by atoms with Crippen LogP contribution >= 0.6 is 11.3 Å². The van der Waals surface area contributed by atoms with E-state index in [0.717, 1.165) is 40.6 Å². The second-order valence-electron chi connectivity index (χ2n) is 6.30. The van der Waals surface area contributed by atoms with E-state index >= 15 is 0 Å². The Kier molecular flexibility index (Phi) is 5.58. The number of aryl methyl sites for hydroxylation is 3. The van der Waals surface area contributed by atoms with Crippen molar-refractivity contribution in [2.75, 3.05) is 20.3 Å². The van der Waals surface area contributed by atoms with Gasteiger partial charge in [0.05, 0.1) is 23.7 Å². The third-order valence-corrected chi connectivity index (χ3v) is 5.62. The fraction of sp³-hybridized carbons (Fsp3) is 0.474. The highest BCUT2D eigenvalue weighted by Gasteiger charge is 2.27. The van der Waals surface area contributed by atoms with Crippen LogP contribution < -0.4 is 14.8 Å². The van der Waals surface area contributed by atoms with E-state index in [1.54, 1.807) is 18.4 Å². The number of fused-ring (bicyclic) bond motifs is 1. The van der Waals surface area contributed by atoms with Crippen molar-refractivity contribution in [1.29, 1.82) is 0 Å². The monoisotopic (exact) mass is 360 g/mol. The average Bonchev–Trinajstić information content (AvgIpc) is 2.95. The first-order valence-electron chi connectivity index (χ1n) is 8.57. The van der Waals surface area contributed by atoms with E-state index in [1.165, 1.54) is 4.88 Å². The molecule has 1 aliphatic heterocycles. The van der Waals surface area contributed by atoms with Crippen molar-refractivity contribution < 1.29 is 14.3 Å². The SMILES string of the molecule is COc1cccc2c1OC[C@@H](C(=O)NCCCc1nc(C)c(C)s1)C2. The molecule has 1 amide bonds. The molecule has 3 rings (SSSR count). The van der Waals surface area contributed by atoms with Crippen molar-refractivity contribution >= 4 is 17.2 Å². The van der Waals surface area contributed by atoms with Gasteiger partial charge >= 0.3 is 0 Å². The highest BCUT2D eigenvalue weighted by molar-refractivity contribution is 7.11. The normalized spacial score (nSPS) is 16.0. The molecule has 134 valence electrons. The van der Waals surface area contributed by atoms with Crippen LogP contribution in [0.4, 0.5) is 0 Å². The van der Waals surface area contributed by atoms with Gasteiger partial charge in [0.2, 0.25) is 5.91 Å². The quantitative estimate of drug-likeness (QED) is 0.805. The van der Waals surface area contributed by atoms with Crippen molar-refractivity contribution in [1.82, 2.24) is 10.3 Å². The van der Waals surface area contributed by atoms with Gasteiger partial charge in [-0.2, -0.15) is 0 Å². The maximum atomic E-state index is 12.4. The Morgan fingerprint density at radius 3 is 3.00 bits per heavy atom. The second-order valence-corrected chi connectivity index (χ2v) is 7.59. The van der Waals surface area contributed by atoms with E-state index in [-0.39, 0.29) is 11.8 Å². The lowest BCUT2D eigenvalue weighted by molar-refractivity contribution is -0.126. The maximum absolute atomic E-state index is 12.4. The summed E-state index contributed by atoms with van der Waals surface area (Å²) in [4.78, 5) is 18.2. The van der Waals surface area contributed by atoms with Gasteiger partial charge < -0.3 is 14.8 Å². The molecule has 0 radical (unpaired) electrons. The summed E-state index contributed by atoms with van der Waals surface area (Å²) in [7, 11) is 1.63. The number of methoxy groups -OCH3 is 1. The number of para-hydroxylation sites is 1. The lowest BCUT2D eigenvalue weighted by atomic mass is 9.95. The molecule has 0 unspecified atom stereocenters. The summed E-state index contributed by atoms with van der Waals surface area (Å²) in [5.41, 5.74) is 2.14. The van der Waals surface area contributed by atoms with Crippen LogP contribution in [0.15, 0.2) is 18.2 Å². The number of carbonyl (C=O) groups is 1. The molecule has 1 N–H and O–H groups in total. The predicted octanol–water partition coefficient (Wildman–Crippen LogP) is 3.07. The van der Waals surface area contributed by atoms with Gasteiger partial charge in [0.1, 0.15) is 6.61 Å². The smallest absolute Gasteiger partial charge is 0.226 e.